The van der Waals surface area contributed by atoms with Gasteiger partial charge in [0, 0.05) is 54.8 Å². The Bertz CT molecular complexity index is 1500. The fourth-order valence-corrected chi connectivity index (χ4v) is 5.58. The smallest absolute Gasteiger partial charge is 0.266 e. The third-order valence-corrected chi connectivity index (χ3v) is 7.63. The van der Waals surface area contributed by atoms with Crippen LogP contribution in [0.5, 0.6) is 0 Å². The van der Waals surface area contributed by atoms with Gasteiger partial charge in [0.05, 0.1) is 6.26 Å². The van der Waals surface area contributed by atoms with E-state index in [1.54, 1.807) is 18.4 Å². The van der Waals surface area contributed by atoms with Gasteiger partial charge in [0.15, 0.2) is 5.76 Å². The number of aromatic nitrogens is 2. The molecule has 1 amide bonds. The summed E-state index contributed by atoms with van der Waals surface area (Å²) in [5, 5.41) is 10.8. The molecule has 2 aliphatic rings. The van der Waals surface area contributed by atoms with Gasteiger partial charge in [-0.3, -0.25) is 4.79 Å². The largest absolute Gasteiger partial charge is 0.459 e. The van der Waals surface area contributed by atoms with Crippen molar-refractivity contribution in [2.75, 3.05) is 31.1 Å². The topological polar surface area (TPSA) is 102 Å². The van der Waals surface area contributed by atoms with Crippen molar-refractivity contribution in [3.8, 4) is 17.7 Å². The zero-order chi connectivity index (χ0) is 25.4. The molecule has 1 saturated heterocycles. The Kier molecular flexibility index (Phi) is 6.05. The first-order valence-electron chi connectivity index (χ1n) is 12.9. The Labute approximate surface area is 215 Å². The maximum absolute atomic E-state index is 13.3. The fourth-order valence-electron chi connectivity index (χ4n) is 5.58. The first-order valence-corrected chi connectivity index (χ1v) is 12.9. The van der Waals surface area contributed by atoms with Gasteiger partial charge in [-0.15, -0.1) is 0 Å². The predicted molar refractivity (Wildman–Crippen MR) is 141 cm³/mol. The molecule has 0 atom stereocenters. The van der Waals surface area contributed by atoms with Gasteiger partial charge in [0.2, 0.25) is 17.5 Å². The van der Waals surface area contributed by atoms with Crippen LogP contribution in [0.15, 0.2) is 57.7 Å². The number of nitrogens with one attached hydrogen (secondary N) is 1. The summed E-state index contributed by atoms with van der Waals surface area (Å²) >= 11 is 0. The van der Waals surface area contributed by atoms with Crippen LogP contribution in [0.3, 0.4) is 0 Å². The minimum Gasteiger partial charge on any atom is -0.459 e. The number of carbonyl (C=O) groups is 1. The Hall–Kier alpha value is -4.25. The zero-order valence-electron chi connectivity index (χ0n) is 20.9. The van der Waals surface area contributed by atoms with Gasteiger partial charge in [0.1, 0.15) is 6.07 Å². The molecule has 1 fully saturated rings. The van der Waals surface area contributed by atoms with E-state index in [1.165, 1.54) is 27.6 Å². The van der Waals surface area contributed by atoms with E-state index >= 15 is 0 Å². The number of para-hydroxylation sites is 1. The number of piperidine rings is 1. The van der Waals surface area contributed by atoms with Crippen molar-refractivity contribution in [2.24, 2.45) is 5.92 Å². The standard InChI is InChI=1S/C29H29N5O3/c1-2-19-5-3-6-22-23(18-31-26(19)22)20-8-12-33(13-9-20)28(35)21-10-14-34(15-11-21)29-24(17-30)32-27(37-29)25-7-4-16-36-25/h3-8,16,18,21,31H,2,9-15H2,1H3. The van der Waals surface area contributed by atoms with E-state index in [4.69, 9.17) is 8.83 Å². The van der Waals surface area contributed by atoms with Gasteiger partial charge >= 0.3 is 0 Å². The van der Waals surface area contributed by atoms with Crippen LogP contribution in [0, 0.1) is 17.2 Å². The number of carbonyl (C=O) groups excluding carboxylic acids is 1. The number of hydrogen-bond donors (Lipinski definition) is 1. The molecular weight excluding hydrogens is 466 g/mol. The Morgan fingerprint density at radius 3 is 2.78 bits per heavy atom. The molecule has 188 valence electrons. The highest BCUT2D eigenvalue weighted by atomic mass is 16.4. The molecule has 0 unspecified atom stereocenters. The number of aromatic amines is 1. The summed E-state index contributed by atoms with van der Waals surface area (Å²) in [6.07, 6.45) is 9.15. The van der Waals surface area contributed by atoms with E-state index in [0.29, 0.717) is 37.2 Å². The van der Waals surface area contributed by atoms with E-state index in [0.717, 1.165) is 32.2 Å². The zero-order valence-corrected chi connectivity index (χ0v) is 20.9. The molecule has 8 nitrogen and oxygen atoms in total. The van der Waals surface area contributed by atoms with Crippen LogP contribution in [0.1, 0.15) is 43.0 Å². The Balaban J connectivity index is 1.10. The van der Waals surface area contributed by atoms with E-state index in [-0.39, 0.29) is 17.5 Å². The molecule has 0 bridgehead atoms. The normalized spacial score (nSPS) is 16.7. The number of hydrogen-bond acceptors (Lipinski definition) is 6. The lowest BCUT2D eigenvalue weighted by Crippen LogP contribution is -2.44. The van der Waals surface area contributed by atoms with E-state index in [1.807, 2.05) is 9.80 Å². The number of nitriles is 1. The van der Waals surface area contributed by atoms with Crippen LogP contribution in [0.25, 0.3) is 28.1 Å². The highest BCUT2D eigenvalue weighted by Crippen LogP contribution is 2.34. The lowest BCUT2D eigenvalue weighted by Gasteiger charge is -2.35. The molecule has 0 spiro atoms. The van der Waals surface area contributed by atoms with Gasteiger partial charge in [-0.05, 0) is 49.0 Å². The van der Waals surface area contributed by atoms with E-state index < -0.39 is 0 Å². The van der Waals surface area contributed by atoms with Gasteiger partial charge in [-0.25, -0.2) is 0 Å². The summed E-state index contributed by atoms with van der Waals surface area (Å²) in [5.74, 6) is 1.44. The average molecular weight is 496 g/mol. The summed E-state index contributed by atoms with van der Waals surface area (Å²) in [6.45, 7) is 4.83. The van der Waals surface area contributed by atoms with Gasteiger partial charge in [-0.2, -0.15) is 10.2 Å². The number of rotatable bonds is 5. The van der Waals surface area contributed by atoms with Crippen LogP contribution in [-0.4, -0.2) is 47.0 Å². The minimum atomic E-state index is -0.0237. The molecule has 5 heterocycles. The highest BCUT2D eigenvalue weighted by molar-refractivity contribution is 5.95. The molecule has 0 saturated carbocycles. The quantitative estimate of drug-likeness (QED) is 0.399. The molecule has 1 aromatic carbocycles. The van der Waals surface area contributed by atoms with Crippen molar-refractivity contribution >= 4 is 28.3 Å². The van der Waals surface area contributed by atoms with Crippen LogP contribution >= 0.6 is 0 Å². The number of benzene rings is 1. The lowest BCUT2D eigenvalue weighted by molar-refractivity contribution is -0.135. The molecule has 1 N–H and O–H groups in total. The second-order valence-corrected chi connectivity index (χ2v) is 9.68. The van der Waals surface area contributed by atoms with Gasteiger partial charge in [0.25, 0.3) is 5.89 Å². The molecule has 6 rings (SSSR count). The average Bonchev–Trinajstić information content (AvgIpc) is 3.72. The van der Waals surface area contributed by atoms with Crippen LogP contribution in [0.2, 0.25) is 0 Å². The van der Waals surface area contributed by atoms with Crippen LogP contribution in [-0.2, 0) is 11.2 Å². The molecule has 0 aliphatic carbocycles. The summed E-state index contributed by atoms with van der Waals surface area (Å²) in [5.41, 5.74) is 5.34. The maximum Gasteiger partial charge on any atom is 0.266 e. The monoisotopic (exact) mass is 495 g/mol. The number of aryl methyl sites for hydroxylation is 1. The second kappa shape index (κ2) is 9.66. The first kappa shape index (κ1) is 23.2. The van der Waals surface area contributed by atoms with Crippen molar-refractivity contribution in [3.63, 3.8) is 0 Å². The molecule has 8 heteroatoms. The third kappa shape index (κ3) is 4.20. The maximum atomic E-state index is 13.3. The second-order valence-electron chi connectivity index (χ2n) is 9.68. The van der Waals surface area contributed by atoms with E-state index in [9.17, 15) is 10.1 Å². The summed E-state index contributed by atoms with van der Waals surface area (Å²) < 4.78 is 11.2. The number of anilines is 1. The van der Waals surface area contributed by atoms with Crippen molar-refractivity contribution < 1.29 is 13.6 Å². The Morgan fingerprint density at radius 1 is 1.22 bits per heavy atom. The molecule has 4 aromatic rings. The van der Waals surface area contributed by atoms with Crippen molar-refractivity contribution in [2.45, 2.75) is 32.6 Å². The SMILES string of the molecule is CCc1cccc2c(C3=CCN(C(=O)C4CCN(c5oc(-c6ccco6)nc5C#N)CC4)CC3)c[nH]c12. The summed E-state index contributed by atoms with van der Waals surface area (Å²) in [4.78, 5) is 25.1. The number of furan rings is 1. The molecule has 0 radical (unpaired) electrons. The van der Waals surface area contributed by atoms with Crippen molar-refractivity contribution in [1.29, 1.82) is 5.26 Å². The number of oxazole rings is 1. The van der Waals surface area contributed by atoms with Crippen molar-refractivity contribution in [3.05, 3.63) is 65.7 Å². The number of H-pyrrole nitrogens is 1. The summed E-state index contributed by atoms with van der Waals surface area (Å²) in [7, 11) is 0. The van der Waals surface area contributed by atoms with Crippen LogP contribution in [0.4, 0.5) is 5.88 Å². The van der Waals surface area contributed by atoms with Crippen molar-refractivity contribution in [1.82, 2.24) is 14.9 Å². The number of amides is 1. The third-order valence-electron chi connectivity index (χ3n) is 7.63. The molecular formula is C29H29N5O3. The molecule has 2 aliphatic heterocycles. The predicted octanol–water partition coefficient (Wildman–Crippen LogP) is 5.38. The molecule has 3 aromatic heterocycles. The summed E-state index contributed by atoms with van der Waals surface area (Å²) in [6, 6.07) is 12.1. The lowest BCUT2D eigenvalue weighted by atomic mass is 9.93. The molecule has 37 heavy (non-hydrogen) atoms. The van der Waals surface area contributed by atoms with E-state index in [2.05, 4.69) is 53.4 Å². The Morgan fingerprint density at radius 2 is 2.08 bits per heavy atom. The number of fused-ring (bicyclic) bond motifs is 1. The first-order chi connectivity index (χ1) is 18.2. The van der Waals surface area contributed by atoms with Gasteiger partial charge in [-0.1, -0.05) is 31.2 Å². The highest BCUT2D eigenvalue weighted by Gasteiger charge is 2.32. The fraction of sp³-hybridized carbons (Fsp3) is 0.345. The van der Waals surface area contributed by atoms with Gasteiger partial charge < -0.3 is 23.6 Å². The number of nitrogens with zero attached hydrogens (tertiary/aromatic N) is 4. The minimum absolute atomic E-state index is 0.0237. The van der Waals surface area contributed by atoms with Crippen LogP contribution < -0.4 is 4.90 Å².